The van der Waals surface area contributed by atoms with Crippen molar-refractivity contribution < 1.29 is 9.84 Å². The van der Waals surface area contributed by atoms with Crippen molar-refractivity contribution in [3.8, 4) is 0 Å². The first kappa shape index (κ1) is 14.2. The predicted octanol–water partition coefficient (Wildman–Crippen LogP) is 2.13. The van der Waals surface area contributed by atoms with Gasteiger partial charge in [-0.15, -0.1) is 0 Å². The Balaban J connectivity index is 1.67. The number of rotatable bonds is 2. The summed E-state index contributed by atoms with van der Waals surface area (Å²) in [5, 5.41) is 9.66. The van der Waals surface area contributed by atoms with E-state index in [1.54, 1.807) is 0 Å². The van der Waals surface area contributed by atoms with Crippen LogP contribution in [0.3, 0.4) is 0 Å². The lowest BCUT2D eigenvalue weighted by atomic mass is 9.84. The zero-order chi connectivity index (χ0) is 13.3. The van der Waals surface area contributed by atoms with E-state index in [0.717, 1.165) is 13.0 Å². The summed E-state index contributed by atoms with van der Waals surface area (Å²) in [6, 6.07) is 1.03. The van der Waals surface area contributed by atoms with Crippen molar-refractivity contribution in [1.82, 2.24) is 4.90 Å². The van der Waals surface area contributed by atoms with E-state index in [0.29, 0.717) is 24.6 Å². The highest BCUT2D eigenvalue weighted by atomic mass is 32.2. The normalized spacial score (nSPS) is 39.8. The topological polar surface area (TPSA) is 32.7 Å². The molecule has 0 aromatic rings. The minimum absolute atomic E-state index is 0.167. The van der Waals surface area contributed by atoms with Crippen LogP contribution in [-0.2, 0) is 4.74 Å². The molecular weight excluding hydrogens is 258 g/mol. The Morgan fingerprint density at radius 3 is 2.84 bits per heavy atom. The highest BCUT2D eigenvalue weighted by molar-refractivity contribution is 7.99. The van der Waals surface area contributed by atoms with Gasteiger partial charge in [0.15, 0.2) is 0 Å². The Labute approximate surface area is 121 Å². The number of hydrogen-bond acceptors (Lipinski definition) is 4. The van der Waals surface area contributed by atoms with Gasteiger partial charge in [0.2, 0.25) is 0 Å². The molecule has 0 amide bonds. The molecule has 1 N–H and O–H groups in total. The average Bonchev–Trinajstić information content (AvgIpc) is 2.81. The smallest absolute Gasteiger partial charge is 0.0713 e. The summed E-state index contributed by atoms with van der Waals surface area (Å²) in [5.74, 6) is 3.16. The Kier molecular flexibility index (Phi) is 4.42. The van der Waals surface area contributed by atoms with Crippen LogP contribution >= 0.6 is 11.8 Å². The van der Waals surface area contributed by atoms with Crippen LogP contribution in [0.5, 0.6) is 0 Å². The monoisotopic (exact) mass is 285 g/mol. The van der Waals surface area contributed by atoms with E-state index in [-0.39, 0.29) is 5.60 Å². The van der Waals surface area contributed by atoms with Gasteiger partial charge in [-0.3, -0.25) is 4.90 Å². The molecule has 3 nitrogen and oxygen atoms in total. The van der Waals surface area contributed by atoms with Gasteiger partial charge in [0, 0.05) is 18.7 Å². The van der Waals surface area contributed by atoms with E-state index >= 15 is 0 Å². The van der Waals surface area contributed by atoms with Crippen LogP contribution in [0, 0.1) is 5.92 Å². The molecule has 3 atom stereocenters. The molecule has 0 bridgehead atoms. The highest BCUT2D eigenvalue weighted by Crippen LogP contribution is 2.40. The summed E-state index contributed by atoms with van der Waals surface area (Å²) in [6.45, 7) is 4.69. The van der Waals surface area contributed by atoms with E-state index < -0.39 is 0 Å². The van der Waals surface area contributed by atoms with Crippen molar-refractivity contribution in [2.75, 3.05) is 31.3 Å². The van der Waals surface area contributed by atoms with Gasteiger partial charge in [-0.05, 0) is 56.1 Å². The second-order valence-corrected chi connectivity index (χ2v) is 7.77. The molecule has 3 aliphatic rings. The first-order chi connectivity index (χ1) is 9.24. The summed E-state index contributed by atoms with van der Waals surface area (Å²) in [7, 11) is 0. The fraction of sp³-hybridized carbons (Fsp3) is 1.00. The molecule has 0 aromatic heterocycles. The Bertz CT molecular complexity index is 301. The molecule has 4 heteroatoms. The molecule has 3 heterocycles. The van der Waals surface area contributed by atoms with Crippen LogP contribution in [0.15, 0.2) is 0 Å². The minimum Gasteiger partial charge on any atom is -0.395 e. The van der Waals surface area contributed by atoms with Crippen molar-refractivity contribution in [2.24, 2.45) is 5.92 Å². The van der Waals surface area contributed by atoms with Gasteiger partial charge in [-0.25, -0.2) is 0 Å². The molecule has 110 valence electrons. The molecule has 3 rings (SSSR count). The molecule has 3 fully saturated rings. The van der Waals surface area contributed by atoms with Gasteiger partial charge in [0.25, 0.3) is 0 Å². The number of ether oxygens (including phenoxy) is 1. The van der Waals surface area contributed by atoms with Crippen molar-refractivity contribution in [2.45, 2.75) is 56.7 Å². The highest BCUT2D eigenvalue weighted by Gasteiger charge is 2.43. The Morgan fingerprint density at radius 2 is 2.11 bits per heavy atom. The maximum Gasteiger partial charge on any atom is 0.0713 e. The molecule has 3 aliphatic heterocycles. The third-order valence-corrected chi connectivity index (χ3v) is 6.44. The van der Waals surface area contributed by atoms with Gasteiger partial charge >= 0.3 is 0 Å². The standard InChI is InChI=1S/C15H27NO2S/c1-12-2-6-16(14(12)11-17)13-3-7-18-15(10-13)4-8-19-9-5-15/h12-14,17H,2-11H2,1H3. The lowest BCUT2D eigenvalue weighted by molar-refractivity contribution is -0.114. The summed E-state index contributed by atoms with van der Waals surface area (Å²) < 4.78 is 6.19. The largest absolute Gasteiger partial charge is 0.395 e. The van der Waals surface area contributed by atoms with Crippen molar-refractivity contribution >= 4 is 11.8 Å². The van der Waals surface area contributed by atoms with Crippen LogP contribution in [0.4, 0.5) is 0 Å². The lowest BCUT2D eigenvalue weighted by Gasteiger charge is -2.47. The third-order valence-electron chi connectivity index (χ3n) is 5.45. The Morgan fingerprint density at radius 1 is 1.32 bits per heavy atom. The van der Waals surface area contributed by atoms with E-state index in [2.05, 4.69) is 23.6 Å². The van der Waals surface area contributed by atoms with Gasteiger partial charge in [-0.1, -0.05) is 6.92 Å². The van der Waals surface area contributed by atoms with Crippen LogP contribution in [0.1, 0.15) is 39.0 Å². The zero-order valence-electron chi connectivity index (χ0n) is 12.0. The van der Waals surface area contributed by atoms with Gasteiger partial charge in [0.1, 0.15) is 0 Å². The SMILES string of the molecule is CC1CCN(C2CCOC3(CCSCC3)C2)C1CO. The number of aliphatic hydroxyl groups excluding tert-OH is 1. The number of hydrogen-bond donors (Lipinski definition) is 1. The first-order valence-corrected chi connectivity index (χ1v) is 8.98. The van der Waals surface area contributed by atoms with Crippen LogP contribution in [-0.4, -0.2) is 59.0 Å². The number of aliphatic hydroxyl groups is 1. The fourth-order valence-corrected chi connectivity index (χ4v) is 5.39. The molecule has 19 heavy (non-hydrogen) atoms. The average molecular weight is 285 g/mol. The molecule has 0 aliphatic carbocycles. The van der Waals surface area contributed by atoms with Crippen molar-refractivity contribution in [3.05, 3.63) is 0 Å². The third kappa shape index (κ3) is 2.82. The fourth-order valence-electron chi connectivity index (χ4n) is 4.15. The molecule has 0 aromatic carbocycles. The van der Waals surface area contributed by atoms with Gasteiger partial charge < -0.3 is 9.84 Å². The number of thioether (sulfide) groups is 1. The second kappa shape index (κ2) is 5.92. The minimum atomic E-state index is 0.167. The Hall–Kier alpha value is 0.230. The summed E-state index contributed by atoms with van der Waals surface area (Å²) in [6.07, 6.45) is 6.03. The molecule has 0 radical (unpaired) electrons. The van der Waals surface area contributed by atoms with Crippen molar-refractivity contribution in [3.63, 3.8) is 0 Å². The van der Waals surface area contributed by atoms with E-state index in [9.17, 15) is 5.11 Å². The summed E-state index contributed by atoms with van der Waals surface area (Å²) in [5.41, 5.74) is 0.167. The summed E-state index contributed by atoms with van der Waals surface area (Å²) >= 11 is 2.07. The van der Waals surface area contributed by atoms with Gasteiger partial charge in [-0.2, -0.15) is 11.8 Å². The molecule has 3 saturated heterocycles. The quantitative estimate of drug-likeness (QED) is 0.842. The first-order valence-electron chi connectivity index (χ1n) is 7.82. The van der Waals surface area contributed by atoms with Crippen LogP contribution in [0.2, 0.25) is 0 Å². The van der Waals surface area contributed by atoms with Crippen LogP contribution in [0.25, 0.3) is 0 Å². The second-order valence-electron chi connectivity index (χ2n) is 6.54. The molecule has 0 saturated carbocycles. The molecular formula is C15H27NO2S. The van der Waals surface area contributed by atoms with Crippen LogP contribution < -0.4 is 0 Å². The predicted molar refractivity (Wildman–Crippen MR) is 79.6 cm³/mol. The molecule has 1 spiro atoms. The maximum atomic E-state index is 9.66. The molecule has 3 unspecified atom stereocenters. The van der Waals surface area contributed by atoms with E-state index in [1.807, 2.05) is 0 Å². The zero-order valence-corrected chi connectivity index (χ0v) is 12.8. The van der Waals surface area contributed by atoms with E-state index in [1.165, 1.54) is 43.7 Å². The van der Waals surface area contributed by atoms with Gasteiger partial charge in [0.05, 0.1) is 12.2 Å². The number of nitrogens with zero attached hydrogens (tertiary/aromatic N) is 1. The maximum absolute atomic E-state index is 9.66. The van der Waals surface area contributed by atoms with Crippen molar-refractivity contribution in [1.29, 1.82) is 0 Å². The summed E-state index contributed by atoms with van der Waals surface area (Å²) in [4.78, 5) is 2.59. The lowest BCUT2D eigenvalue weighted by Crippen LogP contribution is -2.52. The van der Waals surface area contributed by atoms with E-state index in [4.69, 9.17) is 4.74 Å². The number of likely N-dealkylation sites (tertiary alicyclic amines) is 1.